The molecule has 0 aromatic heterocycles. The number of nitrogens with zero attached hydrogens (tertiary/aromatic N) is 1. The van der Waals surface area contributed by atoms with Crippen molar-refractivity contribution in [1.29, 1.82) is 0 Å². The smallest absolute Gasteiger partial charge is 0.191 e. The van der Waals surface area contributed by atoms with Crippen LogP contribution in [0.25, 0.3) is 0 Å². The molecule has 7 heteroatoms. The van der Waals surface area contributed by atoms with Gasteiger partial charge >= 0.3 is 0 Å². The molecule has 1 atom stereocenters. The Morgan fingerprint density at radius 3 is 2.37 bits per heavy atom. The van der Waals surface area contributed by atoms with Gasteiger partial charge in [0.15, 0.2) is 29.1 Å². The van der Waals surface area contributed by atoms with E-state index in [9.17, 15) is 8.78 Å². The lowest BCUT2D eigenvalue weighted by Gasteiger charge is -2.17. The van der Waals surface area contributed by atoms with Crippen LogP contribution in [-0.4, -0.2) is 33.8 Å². The van der Waals surface area contributed by atoms with Gasteiger partial charge in [-0.2, -0.15) is 0 Å². The van der Waals surface area contributed by atoms with E-state index < -0.39 is 11.6 Å². The van der Waals surface area contributed by atoms with Crippen LogP contribution in [0.3, 0.4) is 0 Å². The Morgan fingerprint density at radius 1 is 1.00 bits per heavy atom. The molecule has 5 nitrogen and oxygen atoms in total. The van der Waals surface area contributed by atoms with E-state index in [1.807, 2.05) is 25.1 Å². The summed E-state index contributed by atoms with van der Waals surface area (Å²) in [5, 5.41) is 6.40. The van der Waals surface area contributed by atoms with Crippen LogP contribution in [0.15, 0.2) is 41.4 Å². The Hall–Kier alpha value is -2.83. The van der Waals surface area contributed by atoms with Gasteiger partial charge in [-0.25, -0.2) is 8.78 Å². The van der Waals surface area contributed by atoms with Crippen molar-refractivity contribution >= 4 is 5.96 Å². The normalized spacial score (nSPS) is 12.4. The molecule has 27 heavy (non-hydrogen) atoms. The monoisotopic (exact) mass is 377 g/mol. The van der Waals surface area contributed by atoms with Crippen LogP contribution in [0, 0.1) is 11.6 Å². The van der Waals surface area contributed by atoms with Crippen LogP contribution in [0.4, 0.5) is 8.78 Å². The van der Waals surface area contributed by atoms with Gasteiger partial charge in [-0.05, 0) is 41.3 Å². The molecule has 0 aliphatic rings. The minimum Gasteiger partial charge on any atom is -0.493 e. The molecule has 2 aromatic rings. The summed E-state index contributed by atoms with van der Waals surface area (Å²) in [4.78, 5) is 4.18. The minimum atomic E-state index is -0.841. The molecule has 0 fully saturated rings. The van der Waals surface area contributed by atoms with Crippen LogP contribution >= 0.6 is 0 Å². The Balaban J connectivity index is 1.91. The van der Waals surface area contributed by atoms with Crippen molar-refractivity contribution in [2.75, 3.05) is 27.8 Å². The van der Waals surface area contributed by atoms with E-state index in [-0.39, 0.29) is 5.92 Å². The first-order valence-corrected chi connectivity index (χ1v) is 8.58. The van der Waals surface area contributed by atoms with E-state index in [4.69, 9.17) is 9.47 Å². The van der Waals surface area contributed by atoms with E-state index in [0.29, 0.717) is 30.5 Å². The standard InChI is InChI=1S/C20H25F2N3O2/c1-13(15-6-7-16(21)17(22)10-15)11-24-20(23-2)25-12-14-5-8-18(26-3)19(9-14)27-4/h5-10,13H,11-12H2,1-4H3,(H2,23,24,25). The number of halogens is 2. The average molecular weight is 377 g/mol. The maximum atomic E-state index is 13.4. The third-order valence-electron chi connectivity index (χ3n) is 4.22. The fraction of sp³-hybridized carbons (Fsp3) is 0.350. The number of hydrogen-bond donors (Lipinski definition) is 2. The SMILES string of the molecule is CN=C(NCc1ccc(OC)c(OC)c1)NCC(C)c1ccc(F)c(F)c1. The zero-order chi connectivity index (χ0) is 19.8. The first-order valence-electron chi connectivity index (χ1n) is 8.58. The van der Waals surface area contributed by atoms with Crippen molar-refractivity contribution in [2.45, 2.75) is 19.4 Å². The number of methoxy groups -OCH3 is 2. The third-order valence-corrected chi connectivity index (χ3v) is 4.22. The number of hydrogen-bond acceptors (Lipinski definition) is 3. The summed E-state index contributed by atoms with van der Waals surface area (Å²) in [7, 11) is 4.86. The van der Waals surface area contributed by atoms with E-state index in [1.165, 1.54) is 6.07 Å². The predicted octanol–water partition coefficient (Wildman–Crippen LogP) is 3.45. The maximum absolute atomic E-state index is 13.4. The summed E-state index contributed by atoms with van der Waals surface area (Å²) in [5.74, 6) is 0.247. The molecule has 2 N–H and O–H groups in total. The summed E-state index contributed by atoms with van der Waals surface area (Å²) in [5.41, 5.74) is 1.72. The van der Waals surface area contributed by atoms with E-state index in [1.54, 1.807) is 27.3 Å². The zero-order valence-electron chi connectivity index (χ0n) is 16.0. The molecule has 146 valence electrons. The Bertz CT molecular complexity index is 797. The molecular formula is C20H25F2N3O2. The molecule has 2 aromatic carbocycles. The van der Waals surface area contributed by atoms with Gasteiger partial charge < -0.3 is 20.1 Å². The number of nitrogens with one attached hydrogen (secondary N) is 2. The number of aliphatic imine (C=N–C) groups is 1. The molecule has 0 radical (unpaired) electrons. The molecule has 0 aliphatic heterocycles. The summed E-state index contributed by atoms with van der Waals surface area (Å²) in [6.07, 6.45) is 0. The maximum Gasteiger partial charge on any atom is 0.191 e. The summed E-state index contributed by atoms with van der Waals surface area (Å²) in [6.45, 7) is 3.00. The van der Waals surface area contributed by atoms with Gasteiger partial charge in [0, 0.05) is 20.1 Å². The summed E-state index contributed by atoms with van der Waals surface area (Å²) < 4.78 is 37.0. The molecule has 0 saturated heterocycles. The molecule has 0 bridgehead atoms. The first-order chi connectivity index (χ1) is 13.0. The van der Waals surface area contributed by atoms with Gasteiger partial charge in [0.1, 0.15) is 0 Å². The second kappa shape index (κ2) is 9.75. The molecule has 1 unspecified atom stereocenters. The van der Waals surface area contributed by atoms with Crippen molar-refractivity contribution in [1.82, 2.24) is 10.6 Å². The minimum absolute atomic E-state index is 0.0141. The topological polar surface area (TPSA) is 54.9 Å². The van der Waals surface area contributed by atoms with Crippen molar-refractivity contribution in [3.63, 3.8) is 0 Å². The zero-order valence-corrected chi connectivity index (χ0v) is 16.0. The van der Waals surface area contributed by atoms with Crippen molar-refractivity contribution < 1.29 is 18.3 Å². The first kappa shape index (κ1) is 20.5. The molecule has 0 saturated carbocycles. The quantitative estimate of drug-likeness (QED) is 0.573. The number of ether oxygens (including phenoxy) is 2. The van der Waals surface area contributed by atoms with Gasteiger partial charge in [0.05, 0.1) is 14.2 Å². The highest BCUT2D eigenvalue weighted by Crippen LogP contribution is 2.27. The van der Waals surface area contributed by atoms with Gasteiger partial charge in [0.25, 0.3) is 0 Å². The van der Waals surface area contributed by atoms with E-state index >= 15 is 0 Å². The highest BCUT2D eigenvalue weighted by atomic mass is 19.2. The molecule has 0 amide bonds. The van der Waals surface area contributed by atoms with Crippen LogP contribution in [-0.2, 0) is 6.54 Å². The van der Waals surface area contributed by atoms with Crippen molar-refractivity contribution in [3.05, 3.63) is 59.2 Å². The average Bonchev–Trinajstić information content (AvgIpc) is 2.69. The molecule has 2 rings (SSSR count). The number of guanidine groups is 1. The fourth-order valence-electron chi connectivity index (χ4n) is 2.58. The van der Waals surface area contributed by atoms with Gasteiger partial charge in [-0.1, -0.05) is 19.1 Å². The van der Waals surface area contributed by atoms with Crippen LogP contribution in [0.2, 0.25) is 0 Å². The lowest BCUT2D eigenvalue weighted by molar-refractivity contribution is 0.354. The summed E-state index contributed by atoms with van der Waals surface area (Å²) in [6, 6.07) is 9.63. The number of benzene rings is 2. The molecule has 0 heterocycles. The Labute approximate surface area is 158 Å². The lowest BCUT2D eigenvalue weighted by atomic mass is 10.0. The molecular weight excluding hydrogens is 352 g/mol. The second-order valence-electron chi connectivity index (χ2n) is 6.07. The van der Waals surface area contributed by atoms with E-state index in [2.05, 4.69) is 15.6 Å². The predicted molar refractivity (Wildman–Crippen MR) is 103 cm³/mol. The fourth-order valence-corrected chi connectivity index (χ4v) is 2.58. The van der Waals surface area contributed by atoms with Crippen LogP contribution in [0.5, 0.6) is 11.5 Å². The van der Waals surface area contributed by atoms with Crippen molar-refractivity contribution in [3.8, 4) is 11.5 Å². The lowest BCUT2D eigenvalue weighted by Crippen LogP contribution is -2.38. The third kappa shape index (κ3) is 5.57. The van der Waals surface area contributed by atoms with Crippen molar-refractivity contribution in [2.24, 2.45) is 4.99 Å². The molecule has 0 aliphatic carbocycles. The molecule has 0 spiro atoms. The second-order valence-corrected chi connectivity index (χ2v) is 6.07. The Kier molecular flexibility index (Phi) is 7.40. The number of rotatable bonds is 7. The highest BCUT2D eigenvalue weighted by molar-refractivity contribution is 5.79. The van der Waals surface area contributed by atoms with E-state index in [0.717, 1.165) is 17.2 Å². The van der Waals surface area contributed by atoms with Gasteiger partial charge in [-0.3, -0.25) is 4.99 Å². The summed E-state index contributed by atoms with van der Waals surface area (Å²) >= 11 is 0. The van der Waals surface area contributed by atoms with Crippen LogP contribution < -0.4 is 20.1 Å². The highest BCUT2D eigenvalue weighted by Gasteiger charge is 2.10. The Morgan fingerprint density at radius 2 is 1.74 bits per heavy atom. The van der Waals surface area contributed by atoms with Crippen LogP contribution in [0.1, 0.15) is 24.0 Å². The van der Waals surface area contributed by atoms with Gasteiger partial charge in [0.2, 0.25) is 0 Å². The van der Waals surface area contributed by atoms with Gasteiger partial charge in [-0.15, -0.1) is 0 Å². The largest absolute Gasteiger partial charge is 0.493 e.